The van der Waals surface area contributed by atoms with Crippen LogP contribution in [0.2, 0.25) is 0 Å². The fourth-order valence-electron chi connectivity index (χ4n) is 1.10. The van der Waals surface area contributed by atoms with Crippen molar-refractivity contribution in [1.82, 2.24) is 0 Å². The lowest BCUT2D eigenvalue weighted by atomic mass is 10.1. The number of aliphatic carboxylic acids is 1. The van der Waals surface area contributed by atoms with Gasteiger partial charge in [-0.2, -0.15) is 13.2 Å². The Balaban J connectivity index is 0.000000441. The number of aliphatic hydroxyl groups is 1. The molecule has 0 bridgehead atoms. The van der Waals surface area contributed by atoms with Crippen molar-refractivity contribution in [3.8, 4) is 0 Å². The zero-order valence-corrected chi connectivity index (χ0v) is 9.99. The minimum atomic E-state index is -5.08. The van der Waals surface area contributed by atoms with E-state index >= 15 is 0 Å². The number of benzene rings is 1. The van der Waals surface area contributed by atoms with E-state index in [1.807, 2.05) is 0 Å². The number of hydrogen-bond donors (Lipinski definition) is 3. The molecule has 0 heterocycles. The van der Waals surface area contributed by atoms with Crippen LogP contribution in [-0.2, 0) is 11.2 Å². The number of hydrogen-bond acceptors (Lipinski definition) is 3. The van der Waals surface area contributed by atoms with E-state index in [4.69, 9.17) is 20.7 Å². The van der Waals surface area contributed by atoms with Gasteiger partial charge in [0.15, 0.2) is 0 Å². The highest BCUT2D eigenvalue weighted by atomic mass is 19.4. The standard InChI is InChI=1S/C9H11F2NO.C2HF3O2/c10-7-1-6(2-8(11)4-7)3-9(12)5-13;3-2(4,5)1(6)7/h1-2,4,9,13H,3,5,12H2;(H,6,7). The maximum absolute atomic E-state index is 12.6. The molecule has 0 spiro atoms. The van der Waals surface area contributed by atoms with Crippen LogP contribution in [0.25, 0.3) is 0 Å². The lowest BCUT2D eigenvalue weighted by molar-refractivity contribution is -0.192. The molecule has 1 rings (SSSR count). The van der Waals surface area contributed by atoms with Gasteiger partial charge in [-0.15, -0.1) is 0 Å². The molecule has 1 aromatic carbocycles. The molecule has 0 aliphatic carbocycles. The summed E-state index contributed by atoms with van der Waals surface area (Å²) in [4.78, 5) is 8.90. The summed E-state index contributed by atoms with van der Waals surface area (Å²) in [5.74, 6) is -4.01. The predicted molar refractivity (Wildman–Crippen MR) is 58.8 cm³/mol. The summed E-state index contributed by atoms with van der Waals surface area (Å²) in [6.07, 6.45) is -4.81. The zero-order valence-electron chi connectivity index (χ0n) is 9.99. The van der Waals surface area contributed by atoms with Crippen molar-refractivity contribution < 1.29 is 37.0 Å². The van der Waals surface area contributed by atoms with Gasteiger partial charge in [0, 0.05) is 12.1 Å². The monoisotopic (exact) mass is 301 g/mol. The van der Waals surface area contributed by atoms with E-state index < -0.39 is 29.8 Å². The predicted octanol–water partition coefficient (Wildman–Crippen LogP) is 1.46. The van der Waals surface area contributed by atoms with Crippen molar-refractivity contribution in [2.45, 2.75) is 18.6 Å². The highest BCUT2D eigenvalue weighted by molar-refractivity contribution is 5.73. The van der Waals surface area contributed by atoms with Gasteiger partial charge in [-0.05, 0) is 24.1 Å². The number of carbonyl (C=O) groups is 1. The maximum atomic E-state index is 12.6. The molecule has 1 unspecified atom stereocenters. The SMILES string of the molecule is NC(CO)Cc1cc(F)cc(F)c1.O=C(O)C(F)(F)F. The first-order chi connectivity index (χ1) is 9.06. The highest BCUT2D eigenvalue weighted by Gasteiger charge is 2.38. The number of aliphatic hydroxyl groups excluding tert-OH is 1. The Labute approximate surface area is 110 Å². The van der Waals surface area contributed by atoms with E-state index in [1.54, 1.807) is 0 Å². The van der Waals surface area contributed by atoms with Crippen molar-refractivity contribution in [2.24, 2.45) is 5.73 Å². The zero-order chi connectivity index (χ0) is 15.9. The van der Waals surface area contributed by atoms with Gasteiger partial charge in [-0.1, -0.05) is 0 Å². The molecular formula is C11H12F5NO3. The second kappa shape index (κ2) is 7.75. The van der Waals surface area contributed by atoms with E-state index in [0.717, 1.165) is 6.07 Å². The summed E-state index contributed by atoms with van der Waals surface area (Å²) in [5.41, 5.74) is 5.87. The number of halogens is 5. The number of nitrogens with two attached hydrogens (primary N) is 1. The summed E-state index contributed by atoms with van der Waals surface area (Å²) in [6, 6.07) is 2.74. The minimum absolute atomic E-state index is 0.196. The van der Waals surface area contributed by atoms with Crippen LogP contribution in [0, 0.1) is 11.6 Å². The Bertz CT molecular complexity index is 430. The Kier molecular flexibility index (Phi) is 7.08. The molecule has 0 fully saturated rings. The topological polar surface area (TPSA) is 83.5 Å². The highest BCUT2D eigenvalue weighted by Crippen LogP contribution is 2.13. The first-order valence-electron chi connectivity index (χ1n) is 5.17. The van der Waals surface area contributed by atoms with Crippen LogP contribution in [0.3, 0.4) is 0 Å². The van der Waals surface area contributed by atoms with Crippen LogP contribution in [0.5, 0.6) is 0 Å². The Morgan fingerprint density at radius 2 is 1.60 bits per heavy atom. The molecule has 1 aromatic rings. The molecule has 0 aliphatic heterocycles. The molecule has 0 saturated heterocycles. The van der Waals surface area contributed by atoms with Crippen LogP contribution in [-0.4, -0.2) is 35.0 Å². The average Bonchev–Trinajstić information content (AvgIpc) is 2.26. The van der Waals surface area contributed by atoms with Crippen LogP contribution in [0.15, 0.2) is 18.2 Å². The largest absolute Gasteiger partial charge is 0.490 e. The molecule has 4 N–H and O–H groups in total. The molecule has 0 radical (unpaired) electrons. The molecular weight excluding hydrogens is 289 g/mol. The molecule has 114 valence electrons. The van der Waals surface area contributed by atoms with Gasteiger partial charge in [0.25, 0.3) is 0 Å². The van der Waals surface area contributed by atoms with Gasteiger partial charge in [-0.3, -0.25) is 0 Å². The Hall–Kier alpha value is -1.74. The first kappa shape index (κ1) is 18.3. The van der Waals surface area contributed by atoms with E-state index in [2.05, 4.69) is 0 Å². The van der Waals surface area contributed by atoms with Crippen LogP contribution in [0.1, 0.15) is 5.56 Å². The fraction of sp³-hybridized carbons (Fsp3) is 0.364. The van der Waals surface area contributed by atoms with E-state index in [0.29, 0.717) is 5.56 Å². The van der Waals surface area contributed by atoms with E-state index in [1.165, 1.54) is 12.1 Å². The van der Waals surface area contributed by atoms with Crippen molar-refractivity contribution in [1.29, 1.82) is 0 Å². The van der Waals surface area contributed by atoms with Crippen LogP contribution >= 0.6 is 0 Å². The normalized spacial score (nSPS) is 12.3. The molecule has 0 aromatic heterocycles. The maximum Gasteiger partial charge on any atom is 0.490 e. The van der Waals surface area contributed by atoms with Gasteiger partial charge < -0.3 is 15.9 Å². The number of carboxylic acid groups (broad SMARTS) is 1. The molecule has 0 aliphatic rings. The number of rotatable bonds is 3. The van der Waals surface area contributed by atoms with Gasteiger partial charge in [0.2, 0.25) is 0 Å². The van der Waals surface area contributed by atoms with Gasteiger partial charge in [-0.25, -0.2) is 13.6 Å². The molecule has 1 atom stereocenters. The van der Waals surface area contributed by atoms with Crippen molar-refractivity contribution in [2.75, 3.05) is 6.61 Å². The second-order valence-electron chi connectivity index (χ2n) is 3.73. The Morgan fingerprint density at radius 1 is 1.20 bits per heavy atom. The summed E-state index contributed by atoms with van der Waals surface area (Å²) in [7, 11) is 0. The smallest absolute Gasteiger partial charge is 0.475 e. The quantitative estimate of drug-likeness (QED) is 0.738. The van der Waals surface area contributed by atoms with Crippen molar-refractivity contribution in [3.63, 3.8) is 0 Å². The lowest BCUT2D eigenvalue weighted by Gasteiger charge is -2.07. The molecule has 0 amide bonds. The third-order valence-corrected chi connectivity index (χ3v) is 1.90. The van der Waals surface area contributed by atoms with Gasteiger partial charge in [0.05, 0.1) is 6.61 Å². The average molecular weight is 301 g/mol. The molecule has 9 heteroatoms. The fourth-order valence-corrected chi connectivity index (χ4v) is 1.10. The van der Waals surface area contributed by atoms with Crippen molar-refractivity contribution in [3.05, 3.63) is 35.4 Å². The number of alkyl halides is 3. The van der Waals surface area contributed by atoms with Crippen LogP contribution in [0.4, 0.5) is 22.0 Å². The molecule has 4 nitrogen and oxygen atoms in total. The summed E-state index contributed by atoms with van der Waals surface area (Å²) < 4.78 is 57.0. The third kappa shape index (κ3) is 7.64. The van der Waals surface area contributed by atoms with Gasteiger partial charge in [0.1, 0.15) is 11.6 Å². The summed E-state index contributed by atoms with van der Waals surface area (Å²) in [6.45, 7) is -0.196. The van der Waals surface area contributed by atoms with E-state index in [9.17, 15) is 22.0 Å². The third-order valence-electron chi connectivity index (χ3n) is 1.90. The summed E-state index contributed by atoms with van der Waals surface area (Å²) >= 11 is 0. The van der Waals surface area contributed by atoms with E-state index in [-0.39, 0.29) is 13.0 Å². The Morgan fingerprint density at radius 3 is 1.90 bits per heavy atom. The lowest BCUT2D eigenvalue weighted by Crippen LogP contribution is -2.26. The summed E-state index contributed by atoms with van der Waals surface area (Å²) in [5, 5.41) is 15.7. The van der Waals surface area contributed by atoms with Gasteiger partial charge >= 0.3 is 12.1 Å². The minimum Gasteiger partial charge on any atom is -0.475 e. The molecule has 20 heavy (non-hydrogen) atoms. The second-order valence-corrected chi connectivity index (χ2v) is 3.73. The molecule has 0 saturated carbocycles. The van der Waals surface area contributed by atoms with Crippen LogP contribution < -0.4 is 5.73 Å². The number of carboxylic acids is 1. The van der Waals surface area contributed by atoms with Crippen molar-refractivity contribution >= 4 is 5.97 Å². The first-order valence-corrected chi connectivity index (χ1v) is 5.17.